The van der Waals surface area contributed by atoms with E-state index in [0.717, 1.165) is 0 Å². The van der Waals surface area contributed by atoms with Crippen LogP contribution in [0, 0.1) is 0 Å². The molecule has 1 aromatic rings. The van der Waals surface area contributed by atoms with Crippen molar-refractivity contribution in [3.8, 4) is 0 Å². The highest BCUT2D eigenvalue weighted by Crippen LogP contribution is 2.14. The van der Waals surface area contributed by atoms with Crippen molar-refractivity contribution < 1.29 is 8.42 Å². The smallest absolute Gasteiger partial charge is 0.240 e. The van der Waals surface area contributed by atoms with Gasteiger partial charge in [0.25, 0.3) is 0 Å². The second kappa shape index (κ2) is 8.66. The molecule has 0 aliphatic carbocycles. The Balaban J connectivity index is 2.46. The number of hydrogen-bond acceptors (Lipinski definition) is 3. The van der Waals surface area contributed by atoms with Crippen LogP contribution in [0.15, 0.2) is 46.8 Å². The number of guanidine groups is 1. The molecule has 21 heavy (non-hydrogen) atoms. The standard InChI is InChI=1S/C13H19ClN4O2S/c1-3-7-16-13(15-2)17-8-9-18-21(19,20)12-6-4-5-11(14)10-12/h3-6,10,18H,1,7-9H2,2H3,(H2,15,16,17). The minimum Gasteiger partial charge on any atom is -0.355 e. The molecule has 6 nitrogen and oxygen atoms in total. The highest BCUT2D eigenvalue weighted by atomic mass is 35.5. The molecule has 0 amide bonds. The van der Waals surface area contributed by atoms with E-state index in [0.29, 0.717) is 24.1 Å². The van der Waals surface area contributed by atoms with Gasteiger partial charge in [0.05, 0.1) is 4.90 Å². The van der Waals surface area contributed by atoms with E-state index in [4.69, 9.17) is 11.6 Å². The van der Waals surface area contributed by atoms with Gasteiger partial charge in [0.2, 0.25) is 10.0 Å². The molecule has 3 N–H and O–H groups in total. The average Bonchev–Trinajstić information content (AvgIpc) is 2.46. The van der Waals surface area contributed by atoms with Gasteiger partial charge in [0.15, 0.2) is 5.96 Å². The normalized spacial score (nSPS) is 12.0. The first kappa shape index (κ1) is 17.5. The lowest BCUT2D eigenvalue weighted by atomic mass is 10.4. The molecule has 0 aliphatic heterocycles. The lowest BCUT2D eigenvalue weighted by Crippen LogP contribution is -2.41. The van der Waals surface area contributed by atoms with E-state index in [2.05, 4.69) is 26.9 Å². The summed E-state index contributed by atoms with van der Waals surface area (Å²) in [5.74, 6) is 0.580. The van der Waals surface area contributed by atoms with Gasteiger partial charge in [-0.2, -0.15) is 0 Å². The Morgan fingerprint density at radius 2 is 2.14 bits per heavy atom. The first-order valence-electron chi connectivity index (χ1n) is 6.30. The van der Waals surface area contributed by atoms with Gasteiger partial charge in [-0.25, -0.2) is 13.1 Å². The third kappa shape index (κ3) is 6.16. The number of sulfonamides is 1. The van der Waals surface area contributed by atoms with Crippen molar-refractivity contribution in [3.05, 3.63) is 41.9 Å². The molecule has 0 saturated heterocycles. The third-order valence-corrected chi connectivity index (χ3v) is 4.15. The first-order valence-corrected chi connectivity index (χ1v) is 8.16. The molecule has 0 unspecified atom stereocenters. The Hall–Kier alpha value is -1.57. The van der Waals surface area contributed by atoms with Crippen molar-refractivity contribution in [2.45, 2.75) is 4.90 Å². The van der Waals surface area contributed by atoms with Gasteiger partial charge in [-0.3, -0.25) is 4.99 Å². The zero-order valence-corrected chi connectivity index (χ0v) is 13.3. The molecule has 0 fully saturated rings. The van der Waals surface area contributed by atoms with E-state index < -0.39 is 10.0 Å². The van der Waals surface area contributed by atoms with Crippen molar-refractivity contribution in [1.82, 2.24) is 15.4 Å². The third-order valence-electron chi connectivity index (χ3n) is 2.45. The maximum atomic E-state index is 12.0. The molecule has 0 aromatic heterocycles. The van der Waals surface area contributed by atoms with Crippen LogP contribution in [0.3, 0.4) is 0 Å². The zero-order valence-electron chi connectivity index (χ0n) is 11.8. The maximum Gasteiger partial charge on any atom is 0.240 e. The molecular formula is C13H19ClN4O2S. The summed E-state index contributed by atoms with van der Waals surface area (Å²) in [6.45, 7) is 4.79. The summed E-state index contributed by atoms with van der Waals surface area (Å²) in [6.07, 6.45) is 1.70. The van der Waals surface area contributed by atoms with E-state index in [9.17, 15) is 8.42 Å². The number of nitrogens with one attached hydrogen (secondary N) is 3. The van der Waals surface area contributed by atoms with E-state index >= 15 is 0 Å². The second-order valence-electron chi connectivity index (χ2n) is 4.02. The molecule has 1 aromatic carbocycles. The van der Waals surface area contributed by atoms with Gasteiger partial charge >= 0.3 is 0 Å². The highest BCUT2D eigenvalue weighted by Gasteiger charge is 2.13. The van der Waals surface area contributed by atoms with E-state index in [1.54, 1.807) is 25.3 Å². The average molecular weight is 331 g/mol. The molecule has 0 aliphatic rings. The molecule has 0 radical (unpaired) electrons. The largest absolute Gasteiger partial charge is 0.355 e. The van der Waals surface area contributed by atoms with Crippen molar-refractivity contribution in [1.29, 1.82) is 0 Å². The number of hydrogen-bond donors (Lipinski definition) is 3. The van der Waals surface area contributed by atoms with Crippen molar-refractivity contribution in [2.75, 3.05) is 26.7 Å². The van der Waals surface area contributed by atoms with E-state index in [1.807, 2.05) is 0 Å². The SMILES string of the molecule is C=CCNC(=NC)NCCNS(=O)(=O)c1cccc(Cl)c1. The lowest BCUT2D eigenvalue weighted by molar-refractivity contribution is 0.580. The second-order valence-corrected chi connectivity index (χ2v) is 6.23. The summed E-state index contributed by atoms with van der Waals surface area (Å²) in [4.78, 5) is 4.12. The molecule has 0 heterocycles. The number of benzene rings is 1. The molecule has 0 atom stereocenters. The van der Waals surface area contributed by atoms with Gasteiger partial charge in [0.1, 0.15) is 0 Å². The fourth-order valence-electron chi connectivity index (χ4n) is 1.47. The molecule has 0 bridgehead atoms. The van der Waals surface area contributed by atoms with Crippen LogP contribution in [-0.2, 0) is 10.0 Å². The summed E-state index contributed by atoms with van der Waals surface area (Å²) >= 11 is 5.78. The summed E-state index contributed by atoms with van der Waals surface area (Å²) in [5.41, 5.74) is 0. The minimum absolute atomic E-state index is 0.143. The van der Waals surface area contributed by atoms with E-state index in [1.165, 1.54) is 12.1 Å². The van der Waals surface area contributed by atoms with Crippen LogP contribution in [0.5, 0.6) is 0 Å². The Kier molecular flexibility index (Phi) is 7.21. The van der Waals surface area contributed by atoms with Crippen molar-refractivity contribution in [3.63, 3.8) is 0 Å². The van der Waals surface area contributed by atoms with Crippen LogP contribution in [0.1, 0.15) is 0 Å². The topological polar surface area (TPSA) is 82.6 Å². The van der Waals surface area contributed by atoms with Gasteiger partial charge in [0, 0.05) is 31.7 Å². The predicted octanol–water partition coefficient (Wildman–Crippen LogP) is 0.969. The fourth-order valence-corrected chi connectivity index (χ4v) is 2.81. The molecule has 8 heteroatoms. The predicted molar refractivity (Wildman–Crippen MR) is 86.2 cm³/mol. The van der Waals surface area contributed by atoms with Gasteiger partial charge in [-0.1, -0.05) is 23.7 Å². The summed E-state index contributed by atoms with van der Waals surface area (Å²) in [5, 5.41) is 6.34. The maximum absolute atomic E-state index is 12.0. The molecular weight excluding hydrogens is 312 g/mol. The van der Waals surface area contributed by atoms with Crippen LogP contribution in [0.25, 0.3) is 0 Å². The summed E-state index contributed by atoms with van der Waals surface area (Å²) in [6, 6.07) is 6.11. The van der Waals surface area contributed by atoms with Crippen LogP contribution >= 0.6 is 11.6 Å². The van der Waals surface area contributed by atoms with Crippen LogP contribution in [0.4, 0.5) is 0 Å². The summed E-state index contributed by atoms with van der Waals surface area (Å²) < 4.78 is 26.5. The van der Waals surface area contributed by atoms with Gasteiger partial charge < -0.3 is 10.6 Å². The monoisotopic (exact) mass is 330 g/mol. The van der Waals surface area contributed by atoms with Gasteiger partial charge in [-0.15, -0.1) is 6.58 Å². The van der Waals surface area contributed by atoms with Crippen LogP contribution in [0.2, 0.25) is 5.02 Å². The molecule has 116 valence electrons. The molecule has 1 rings (SSSR count). The number of aliphatic imine (C=N–C) groups is 1. The Labute approximate surface area is 130 Å². The first-order chi connectivity index (χ1) is 9.99. The minimum atomic E-state index is -3.56. The Morgan fingerprint density at radius 3 is 2.76 bits per heavy atom. The fraction of sp³-hybridized carbons (Fsp3) is 0.308. The van der Waals surface area contributed by atoms with Crippen LogP contribution < -0.4 is 15.4 Å². The van der Waals surface area contributed by atoms with E-state index in [-0.39, 0.29) is 11.4 Å². The Bertz CT molecular complexity index is 602. The Morgan fingerprint density at radius 1 is 1.38 bits per heavy atom. The zero-order chi connectivity index (χ0) is 15.7. The molecule has 0 spiro atoms. The highest BCUT2D eigenvalue weighted by molar-refractivity contribution is 7.89. The van der Waals surface area contributed by atoms with Crippen LogP contribution in [-0.4, -0.2) is 41.1 Å². The lowest BCUT2D eigenvalue weighted by Gasteiger charge is -2.11. The number of nitrogens with zero attached hydrogens (tertiary/aromatic N) is 1. The van der Waals surface area contributed by atoms with Gasteiger partial charge in [-0.05, 0) is 18.2 Å². The van der Waals surface area contributed by atoms with Crippen molar-refractivity contribution >= 4 is 27.6 Å². The quantitative estimate of drug-likeness (QED) is 0.301. The van der Waals surface area contributed by atoms with Crippen molar-refractivity contribution in [2.24, 2.45) is 4.99 Å². The molecule has 0 saturated carbocycles. The number of halogens is 1. The number of rotatable bonds is 7. The summed E-state index contributed by atoms with van der Waals surface area (Å²) in [7, 11) is -1.92.